The lowest BCUT2D eigenvalue weighted by Crippen LogP contribution is -2.45. The van der Waals surface area contributed by atoms with E-state index in [9.17, 15) is 9.18 Å². The van der Waals surface area contributed by atoms with E-state index in [0.717, 1.165) is 6.07 Å². The molecule has 15 heavy (non-hydrogen) atoms. The van der Waals surface area contributed by atoms with E-state index in [-0.39, 0.29) is 10.9 Å². The molecule has 1 heterocycles. The van der Waals surface area contributed by atoms with Crippen LogP contribution < -0.4 is 10.1 Å². The molecule has 0 bridgehead atoms. The van der Waals surface area contributed by atoms with Crippen molar-refractivity contribution in [3.8, 4) is 5.75 Å². The van der Waals surface area contributed by atoms with Gasteiger partial charge in [0.15, 0.2) is 5.60 Å². The van der Waals surface area contributed by atoms with Gasteiger partial charge in [0.05, 0.1) is 10.7 Å². The van der Waals surface area contributed by atoms with E-state index in [1.807, 2.05) is 0 Å². The molecule has 0 saturated carbocycles. The molecule has 0 atom stereocenters. The van der Waals surface area contributed by atoms with Crippen LogP contribution in [0.25, 0.3) is 0 Å². The average molecular weight is 230 g/mol. The summed E-state index contributed by atoms with van der Waals surface area (Å²) in [5.41, 5.74) is -0.657. The third-order valence-electron chi connectivity index (χ3n) is 2.18. The standard InChI is InChI=1S/C10H9ClFNO2/c1-10(2)9(14)13-7-4-6(12)5(11)3-8(7)15-10/h3-4H,1-2H3,(H,13,14). The number of benzene rings is 1. The van der Waals surface area contributed by atoms with Crippen LogP contribution in [0.2, 0.25) is 5.02 Å². The van der Waals surface area contributed by atoms with E-state index in [4.69, 9.17) is 16.3 Å². The second-order valence-electron chi connectivity index (χ2n) is 3.83. The highest BCUT2D eigenvalue weighted by Gasteiger charge is 2.35. The van der Waals surface area contributed by atoms with Gasteiger partial charge in [-0.1, -0.05) is 11.6 Å². The average Bonchev–Trinajstić information content (AvgIpc) is 2.11. The van der Waals surface area contributed by atoms with Crippen LogP contribution in [0.3, 0.4) is 0 Å². The molecule has 80 valence electrons. The highest BCUT2D eigenvalue weighted by molar-refractivity contribution is 6.31. The van der Waals surface area contributed by atoms with Gasteiger partial charge in [-0.15, -0.1) is 0 Å². The van der Waals surface area contributed by atoms with E-state index >= 15 is 0 Å². The fourth-order valence-corrected chi connectivity index (χ4v) is 1.46. The van der Waals surface area contributed by atoms with Crippen LogP contribution in [-0.2, 0) is 4.79 Å². The zero-order chi connectivity index (χ0) is 11.2. The first-order chi connectivity index (χ1) is 6.90. The number of hydrogen-bond acceptors (Lipinski definition) is 2. The molecular formula is C10H9ClFNO2. The van der Waals surface area contributed by atoms with Gasteiger partial charge in [0.25, 0.3) is 5.91 Å². The topological polar surface area (TPSA) is 38.3 Å². The second kappa shape index (κ2) is 3.10. The molecule has 0 aromatic heterocycles. The molecule has 3 nitrogen and oxygen atoms in total. The number of rotatable bonds is 0. The monoisotopic (exact) mass is 229 g/mol. The van der Waals surface area contributed by atoms with Gasteiger partial charge >= 0.3 is 0 Å². The molecule has 0 aliphatic carbocycles. The largest absolute Gasteiger partial charge is 0.476 e. The van der Waals surface area contributed by atoms with Crippen LogP contribution in [-0.4, -0.2) is 11.5 Å². The van der Waals surface area contributed by atoms with Crippen molar-refractivity contribution in [3.63, 3.8) is 0 Å². The number of carbonyl (C=O) groups excluding carboxylic acids is 1. The molecule has 0 spiro atoms. The molecule has 0 unspecified atom stereocenters. The molecule has 0 radical (unpaired) electrons. The van der Waals surface area contributed by atoms with Crippen molar-refractivity contribution >= 4 is 23.2 Å². The van der Waals surface area contributed by atoms with Gasteiger partial charge in [-0.05, 0) is 13.8 Å². The highest BCUT2D eigenvalue weighted by atomic mass is 35.5. The Morgan fingerprint density at radius 2 is 2.13 bits per heavy atom. The minimum Gasteiger partial charge on any atom is -0.476 e. The van der Waals surface area contributed by atoms with Crippen molar-refractivity contribution in [3.05, 3.63) is 23.0 Å². The van der Waals surface area contributed by atoms with Crippen molar-refractivity contribution in [2.24, 2.45) is 0 Å². The van der Waals surface area contributed by atoms with E-state index in [0.29, 0.717) is 11.4 Å². The fourth-order valence-electron chi connectivity index (χ4n) is 1.30. The summed E-state index contributed by atoms with van der Waals surface area (Å²) in [6.07, 6.45) is 0. The molecule has 1 aliphatic rings. The van der Waals surface area contributed by atoms with Crippen LogP contribution in [0.15, 0.2) is 12.1 Å². The number of hydrogen-bond donors (Lipinski definition) is 1. The van der Waals surface area contributed by atoms with E-state index < -0.39 is 11.4 Å². The first-order valence-corrected chi connectivity index (χ1v) is 4.77. The summed E-state index contributed by atoms with van der Waals surface area (Å²) in [5, 5.41) is 2.53. The zero-order valence-electron chi connectivity index (χ0n) is 8.23. The Labute approximate surface area is 91.2 Å². The van der Waals surface area contributed by atoms with Gasteiger partial charge in [-0.2, -0.15) is 0 Å². The van der Waals surface area contributed by atoms with Gasteiger partial charge in [0.1, 0.15) is 11.6 Å². The van der Waals surface area contributed by atoms with Crippen molar-refractivity contribution in [1.29, 1.82) is 0 Å². The van der Waals surface area contributed by atoms with Crippen molar-refractivity contribution < 1.29 is 13.9 Å². The summed E-state index contributed by atoms with van der Waals surface area (Å²) in [5.74, 6) is -0.512. The van der Waals surface area contributed by atoms with Crippen LogP contribution >= 0.6 is 11.6 Å². The summed E-state index contributed by atoms with van der Waals surface area (Å²) in [6.45, 7) is 3.26. The maximum atomic E-state index is 13.1. The van der Waals surface area contributed by atoms with E-state index in [1.54, 1.807) is 13.8 Å². The lowest BCUT2D eigenvalue weighted by Gasteiger charge is -2.31. The van der Waals surface area contributed by atoms with Crippen LogP contribution in [0.5, 0.6) is 5.75 Å². The normalized spacial score (nSPS) is 17.7. The van der Waals surface area contributed by atoms with E-state index in [1.165, 1.54) is 6.07 Å². The minimum atomic E-state index is -0.964. The van der Waals surface area contributed by atoms with E-state index in [2.05, 4.69) is 5.32 Å². The van der Waals surface area contributed by atoms with Crippen molar-refractivity contribution in [2.75, 3.05) is 5.32 Å². The third-order valence-corrected chi connectivity index (χ3v) is 2.47. The maximum Gasteiger partial charge on any atom is 0.268 e. The lowest BCUT2D eigenvalue weighted by molar-refractivity contribution is -0.129. The maximum absolute atomic E-state index is 13.1. The summed E-state index contributed by atoms with van der Waals surface area (Å²) < 4.78 is 18.5. The number of carbonyl (C=O) groups is 1. The summed E-state index contributed by atoms with van der Waals surface area (Å²) in [7, 11) is 0. The molecule has 2 rings (SSSR count). The Hall–Kier alpha value is -1.29. The molecule has 1 aromatic rings. The predicted octanol–water partition coefficient (Wildman–Crippen LogP) is 2.59. The molecule has 1 aliphatic heterocycles. The number of halogens is 2. The highest BCUT2D eigenvalue weighted by Crippen LogP contribution is 2.36. The molecule has 1 aromatic carbocycles. The number of anilines is 1. The number of amides is 1. The Balaban J connectivity index is 2.51. The molecule has 1 amide bonds. The van der Waals surface area contributed by atoms with Crippen molar-refractivity contribution in [1.82, 2.24) is 0 Å². The second-order valence-corrected chi connectivity index (χ2v) is 4.24. The van der Waals surface area contributed by atoms with Crippen LogP contribution in [0.1, 0.15) is 13.8 Å². The van der Waals surface area contributed by atoms with Gasteiger partial charge in [0, 0.05) is 12.1 Å². The Morgan fingerprint density at radius 3 is 2.80 bits per heavy atom. The number of nitrogens with one attached hydrogen (secondary N) is 1. The Bertz CT molecular complexity index is 445. The van der Waals surface area contributed by atoms with Gasteiger partial charge in [-0.3, -0.25) is 4.79 Å². The predicted molar refractivity (Wildman–Crippen MR) is 54.7 cm³/mol. The molecule has 1 N–H and O–H groups in total. The molecule has 0 fully saturated rings. The first-order valence-electron chi connectivity index (χ1n) is 4.40. The zero-order valence-corrected chi connectivity index (χ0v) is 8.98. The Morgan fingerprint density at radius 1 is 1.47 bits per heavy atom. The third kappa shape index (κ3) is 1.65. The minimum absolute atomic E-state index is 0.0271. The summed E-state index contributed by atoms with van der Waals surface area (Å²) >= 11 is 5.61. The van der Waals surface area contributed by atoms with Crippen LogP contribution in [0.4, 0.5) is 10.1 Å². The summed E-state index contributed by atoms with van der Waals surface area (Å²) in [4.78, 5) is 11.5. The fraction of sp³-hybridized carbons (Fsp3) is 0.300. The van der Waals surface area contributed by atoms with Crippen LogP contribution in [0, 0.1) is 5.82 Å². The van der Waals surface area contributed by atoms with Gasteiger partial charge in [0.2, 0.25) is 0 Å². The molecule has 5 heteroatoms. The molecule has 0 saturated heterocycles. The Kier molecular flexibility index (Phi) is 2.12. The van der Waals surface area contributed by atoms with Gasteiger partial charge in [-0.25, -0.2) is 4.39 Å². The number of fused-ring (bicyclic) bond motifs is 1. The number of ether oxygens (including phenoxy) is 1. The SMILES string of the molecule is CC1(C)Oc2cc(Cl)c(F)cc2NC1=O. The smallest absolute Gasteiger partial charge is 0.268 e. The lowest BCUT2D eigenvalue weighted by atomic mass is 10.1. The molecular weight excluding hydrogens is 221 g/mol. The first kappa shape index (κ1) is 10.2. The van der Waals surface area contributed by atoms with Crippen molar-refractivity contribution in [2.45, 2.75) is 19.4 Å². The quantitative estimate of drug-likeness (QED) is 0.743. The summed E-state index contributed by atoms with van der Waals surface area (Å²) in [6, 6.07) is 2.50. The van der Waals surface area contributed by atoms with Gasteiger partial charge < -0.3 is 10.1 Å².